The molecule has 0 bridgehead atoms. The summed E-state index contributed by atoms with van der Waals surface area (Å²) in [6.45, 7) is 2.32. The lowest BCUT2D eigenvalue weighted by Gasteiger charge is -2.01. The summed E-state index contributed by atoms with van der Waals surface area (Å²) in [6, 6.07) is 6.29. The van der Waals surface area contributed by atoms with E-state index in [-0.39, 0.29) is 12.4 Å². The quantitative estimate of drug-likeness (QED) is 0.444. The van der Waals surface area contributed by atoms with Crippen LogP contribution in [0.2, 0.25) is 4.34 Å². The van der Waals surface area contributed by atoms with Gasteiger partial charge in [-0.3, -0.25) is 4.79 Å². The highest BCUT2D eigenvalue weighted by Gasteiger charge is 2.22. The van der Waals surface area contributed by atoms with Gasteiger partial charge in [-0.15, -0.1) is 0 Å². The number of allylic oxidation sites excluding steroid dienone is 2. The normalized spacial score (nSPS) is 15.1. The smallest absolute Gasteiger partial charge is 0.282 e. The third-order valence-electron chi connectivity index (χ3n) is 4.09. The maximum Gasteiger partial charge on any atom is 0.282 e. The summed E-state index contributed by atoms with van der Waals surface area (Å²) in [5.41, 5.74) is 1.63. The van der Waals surface area contributed by atoms with Gasteiger partial charge < -0.3 is 10.1 Å². The Hall–Kier alpha value is -2.22. The number of benzene rings is 1. The molecule has 0 radical (unpaired) electrons. The second-order valence-electron chi connectivity index (χ2n) is 5.89. The lowest BCUT2D eigenvalue weighted by atomic mass is 10.2. The summed E-state index contributed by atoms with van der Waals surface area (Å²) in [7, 11) is 0. The van der Waals surface area contributed by atoms with Crippen LogP contribution >= 0.6 is 34.3 Å². The number of fused-ring (bicyclic) bond motifs is 2. The first-order valence-electron chi connectivity index (χ1n) is 8.29. The minimum Gasteiger partial charge on any atom is -0.439 e. The first-order valence-corrected chi connectivity index (χ1v) is 10.3. The zero-order chi connectivity index (χ0) is 19.0. The number of anilines is 1. The van der Waals surface area contributed by atoms with Gasteiger partial charge in [0.25, 0.3) is 9.84 Å². The van der Waals surface area contributed by atoms with Crippen molar-refractivity contribution in [3.8, 4) is 5.75 Å². The van der Waals surface area contributed by atoms with Crippen molar-refractivity contribution in [1.29, 1.82) is 0 Å². The third-order valence-corrected chi connectivity index (χ3v) is 6.58. The second kappa shape index (κ2) is 7.42. The number of thiophene rings is 1. The average molecular weight is 422 g/mol. The maximum atomic E-state index is 13.4. The van der Waals surface area contributed by atoms with Gasteiger partial charge in [0, 0.05) is 18.2 Å². The summed E-state index contributed by atoms with van der Waals surface area (Å²) in [5, 5.41) is 4.05. The van der Waals surface area contributed by atoms with Crippen molar-refractivity contribution in [2.75, 3.05) is 5.32 Å². The van der Waals surface area contributed by atoms with E-state index in [1.54, 1.807) is 17.4 Å². The Morgan fingerprint density at radius 3 is 3.00 bits per heavy atom. The number of nitrogens with one attached hydrogen (secondary N) is 1. The van der Waals surface area contributed by atoms with Crippen molar-refractivity contribution >= 4 is 61.9 Å². The van der Waals surface area contributed by atoms with Crippen LogP contribution in [0.3, 0.4) is 0 Å². The maximum absolute atomic E-state index is 13.4. The molecule has 1 aromatic carbocycles. The molecule has 138 valence electrons. The zero-order valence-electron chi connectivity index (χ0n) is 14.3. The molecule has 0 fully saturated rings. The molecule has 27 heavy (non-hydrogen) atoms. The standard InChI is InChI=1S/C19H14ClFN2O2S2/c1-2-11(7-17-22-13-9-12(21)3-4-14(13)25-17)8-18-23(5-6-24)19-15(26-18)10-16(20)27-19/h3-4,6-10H,2,5H2,1H3/p+1. The molecule has 3 aromatic rings. The molecular weight excluding hydrogens is 407 g/mol. The number of carbonyl (C=O) groups is 1. The predicted molar refractivity (Wildman–Crippen MR) is 108 cm³/mol. The largest absolute Gasteiger partial charge is 0.439 e. The molecule has 4 rings (SSSR count). The summed E-state index contributed by atoms with van der Waals surface area (Å²) in [4.78, 5) is 12.1. The number of thiazole rings is 1. The predicted octanol–water partition coefficient (Wildman–Crippen LogP) is 5.38. The summed E-state index contributed by atoms with van der Waals surface area (Å²) >= 11 is 9.15. The monoisotopic (exact) mass is 421 g/mol. The van der Waals surface area contributed by atoms with E-state index in [9.17, 15) is 9.18 Å². The van der Waals surface area contributed by atoms with E-state index in [0.29, 0.717) is 21.7 Å². The van der Waals surface area contributed by atoms with Gasteiger partial charge in [-0.2, -0.15) is 4.57 Å². The van der Waals surface area contributed by atoms with Gasteiger partial charge in [0.15, 0.2) is 17.9 Å². The highest BCUT2D eigenvalue weighted by atomic mass is 35.5. The topological polar surface area (TPSA) is 42.2 Å². The van der Waals surface area contributed by atoms with Crippen LogP contribution in [0, 0.1) is 5.82 Å². The highest BCUT2D eigenvalue weighted by Crippen LogP contribution is 2.35. The van der Waals surface area contributed by atoms with Crippen LogP contribution in [0.15, 0.2) is 41.8 Å². The number of ether oxygens (including phenoxy) is 1. The minimum absolute atomic E-state index is 0.274. The Balaban J connectivity index is 1.68. The number of rotatable bonds is 5. The van der Waals surface area contributed by atoms with E-state index in [1.165, 1.54) is 23.5 Å². The number of aldehydes is 1. The molecule has 0 unspecified atom stereocenters. The second-order valence-corrected chi connectivity index (χ2v) is 8.61. The van der Waals surface area contributed by atoms with Gasteiger partial charge in [-0.1, -0.05) is 41.2 Å². The van der Waals surface area contributed by atoms with Crippen LogP contribution in [-0.2, 0) is 11.3 Å². The molecule has 0 amide bonds. The van der Waals surface area contributed by atoms with Gasteiger partial charge in [0.2, 0.25) is 6.54 Å². The molecule has 2 aromatic heterocycles. The van der Waals surface area contributed by atoms with Crippen molar-refractivity contribution in [3.63, 3.8) is 0 Å². The van der Waals surface area contributed by atoms with Gasteiger partial charge in [-0.05, 0) is 30.2 Å². The number of aromatic nitrogens is 1. The Kier molecular flexibility index (Phi) is 4.99. The van der Waals surface area contributed by atoms with Gasteiger partial charge in [0.1, 0.15) is 14.9 Å². The van der Waals surface area contributed by atoms with E-state index in [0.717, 1.165) is 32.8 Å². The SMILES string of the molecule is CCC(=Cc1sc2cc(Cl)sc2[n+]1CC=O)C=C1Nc2cc(F)ccc2O1. The molecule has 1 aliphatic heterocycles. The first kappa shape index (κ1) is 18.2. The molecule has 0 atom stereocenters. The fourth-order valence-corrected chi connectivity index (χ4v) is 5.49. The van der Waals surface area contributed by atoms with Gasteiger partial charge in [-0.25, -0.2) is 4.39 Å². The zero-order valence-corrected chi connectivity index (χ0v) is 16.7. The molecule has 8 heteroatoms. The lowest BCUT2D eigenvalue weighted by Crippen LogP contribution is -2.35. The van der Waals surface area contributed by atoms with Crippen LogP contribution in [0.4, 0.5) is 10.1 Å². The minimum atomic E-state index is -0.315. The summed E-state index contributed by atoms with van der Waals surface area (Å²) < 4.78 is 22.8. The van der Waals surface area contributed by atoms with E-state index in [1.807, 2.05) is 29.7 Å². The van der Waals surface area contributed by atoms with Crippen LogP contribution in [0.1, 0.15) is 18.4 Å². The Bertz CT molecular complexity index is 1100. The van der Waals surface area contributed by atoms with E-state index in [2.05, 4.69) is 5.32 Å². The van der Waals surface area contributed by atoms with E-state index >= 15 is 0 Å². The average Bonchev–Trinajstić information content (AvgIpc) is 3.28. The Morgan fingerprint density at radius 2 is 2.22 bits per heavy atom. The van der Waals surface area contributed by atoms with Crippen molar-refractivity contribution in [3.05, 3.63) is 57.0 Å². The number of nitrogens with zero attached hydrogens (tertiary/aromatic N) is 1. The molecule has 0 saturated heterocycles. The van der Waals surface area contributed by atoms with Crippen molar-refractivity contribution in [1.82, 2.24) is 0 Å². The fourth-order valence-electron chi connectivity index (χ4n) is 2.82. The molecule has 0 aliphatic carbocycles. The molecule has 0 spiro atoms. The summed E-state index contributed by atoms with van der Waals surface area (Å²) in [6.07, 6.45) is 5.58. The molecule has 0 saturated carbocycles. The number of hydrogen-bond acceptors (Lipinski definition) is 5. The molecule has 4 nitrogen and oxygen atoms in total. The van der Waals surface area contributed by atoms with Crippen LogP contribution in [0.5, 0.6) is 5.75 Å². The van der Waals surface area contributed by atoms with E-state index in [4.69, 9.17) is 16.3 Å². The van der Waals surface area contributed by atoms with Crippen LogP contribution in [0.25, 0.3) is 15.6 Å². The molecule has 3 heterocycles. The third kappa shape index (κ3) is 3.63. The summed E-state index contributed by atoms with van der Waals surface area (Å²) in [5.74, 6) is 0.831. The van der Waals surface area contributed by atoms with Crippen molar-refractivity contribution in [2.45, 2.75) is 19.9 Å². The number of halogens is 2. The lowest BCUT2D eigenvalue weighted by molar-refractivity contribution is -0.652. The van der Waals surface area contributed by atoms with Crippen molar-refractivity contribution in [2.24, 2.45) is 0 Å². The first-order chi connectivity index (χ1) is 13.1. The fraction of sp³-hybridized carbons (Fsp3) is 0.158. The number of hydrogen-bond donors (Lipinski definition) is 1. The highest BCUT2D eigenvalue weighted by molar-refractivity contribution is 7.28. The van der Waals surface area contributed by atoms with E-state index < -0.39 is 0 Å². The van der Waals surface area contributed by atoms with Gasteiger partial charge in [0.05, 0.1) is 5.69 Å². The Morgan fingerprint density at radius 1 is 1.37 bits per heavy atom. The van der Waals surface area contributed by atoms with Gasteiger partial charge >= 0.3 is 0 Å². The molecular formula is C19H15ClFN2O2S2+. The molecule has 1 N–H and O–H groups in total. The Labute approximate surface area is 168 Å². The van der Waals surface area contributed by atoms with Crippen molar-refractivity contribution < 1.29 is 18.5 Å². The van der Waals surface area contributed by atoms with Crippen LogP contribution in [-0.4, -0.2) is 6.29 Å². The number of carbonyl (C=O) groups excluding carboxylic acids is 1. The van der Waals surface area contributed by atoms with Crippen LogP contribution < -0.4 is 14.6 Å². The molecule has 1 aliphatic rings.